The predicted octanol–water partition coefficient (Wildman–Crippen LogP) is 2.81. The molecule has 1 unspecified atom stereocenters. The van der Waals surface area contributed by atoms with Crippen molar-refractivity contribution in [3.8, 4) is 0 Å². The molecule has 0 aromatic heterocycles. The van der Waals surface area contributed by atoms with Crippen molar-refractivity contribution in [3.63, 3.8) is 0 Å². The molecule has 0 rings (SSSR count). The van der Waals surface area contributed by atoms with E-state index in [1.54, 1.807) is 0 Å². The van der Waals surface area contributed by atoms with Crippen molar-refractivity contribution < 1.29 is 0 Å². The fourth-order valence-corrected chi connectivity index (χ4v) is 2.02. The SMILES string of the molecule is CCCC(C)[PH](C)(C)C. The van der Waals surface area contributed by atoms with Crippen molar-refractivity contribution in [3.05, 3.63) is 0 Å². The van der Waals surface area contributed by atoms with E-state index >= 15 is 0 Å². The van der Waals surface area contributed by atoms with Crippen LogP contribution in [0.15, 0.2) is 0 Å². The van der Waals surface area contributed by atoms with Crippen LogP contribution in [-0.4, -0.2) is 25.7 Å². The van der Waals surface area contributed by atoms with Gasteiger partial charge in [0, 0.05) is 0 Å². The van der Waals surface area contributed by atoms with Crippen molar-refractivity contribution in [2.24, 2.45) is 0 Å². The summed E-state index contributed by atoms with van der Waals surface area (Å²) in [4.78, 5) is 0. The van der Waals surface area contributed by atoms with Gasteiger partial charge in [-0.1, -0.05) is 0 Å². The van der Waals surface area contributed by atoms with E-state index in [4.69, 9.17) is 0 Å². The topological polar surface area (TPSA) is 0 Å². The Morgan fingerprint density at radius 3 is 1.78 bits per heavy atom. The van der Waals surface area contributed by atoms with Gasteiger partial charge in [-0.2, -0.15) is 0 Å². The van der Waals surface area contributed by atoms with Crippen LogP contribution in [0.25, 0.3) is 0 Å². The first-order valence-electron chi connectivity index (χ1n) is 3.98. The Labute approximate surface area is 60.4 Å². The zero-order valence-corrected chi connectivity index (χ0v) is 8.49. The Hall–Kier alpha value is 0.430. The molecule has 0 N–H and O–H groups in total. The van der Waals surface area contributed by atoms with Crippen molar-refractivity contribution in [2.45, 2.75) is 32.3 Å². The first-order chi connectivity index (χ1) is 3.98. The van der Waals surface area contributed by atoms with E-state index in [0.717, 1.165) is 5.66 Å². The molecule has 0 spiro atoms. The van der Waals surface area contributed by atoms with E-state index in [-0.39, 0.29) is 0 Å². The summed E-state index contributed by atoms with van der Waals surface area (Å²) < 4.78 is 0. The Kier molecular flexibility index (Phi) is 3.73. The Morgan fingerprint density at radius 2 is 1.67 bits per heavy atom. The third-order valence-electron chi connectivity index (χ3n) is 2.20. The minimum absolute atomic E-state index is 0.782. The van der Waals surface area contributed by atoms with E-state index in [0.29, 0.717) is 0 Å². The summed E-state index contributed by atoms with van der Waals surface area (Å²) in [5.41, 5.74) is 1.00. The molecule has 0 heterocycles. The van der Waals surface area contributed by atoms with Crippen LogP contribution in [-0.2, 0) is 0 Å². The first-order valence-corrected chi connectivity index (χ1v) is 7.56. The summed E-state index contributed by atoms with van der Waals surface area (Å²) in [5, 5.41) is 0. The fourth-order valence-electron chi connectivity index (χ4n) is 0.866. The number of hydrogen-bond acceptors (Lipinski definition) is 0. The van der Waals surface area contributed by atoms with Crippen LogP contribution >= 0.6 is 7.26 Å². The zero-order valence-electron chi connectivity index (χ0n) is 7.49. The number of rotatable bonds is 3. The number of hydrogen-bond donors (Lipinski definition) is 0. The maximum absolute atomic E-state index is 2.45. The summed E-state index contributed by atoms with van der Waals surface area (Å²) >= 11 is 0. The molecule has 1 atom stereocenters. The quantitative estimate of drug-likeness (QED) is 0.540. The average molecular weight is 148 g/mol. The van der Waals surface area contributed by atoms with Gasteiger partial charge >= 0.3 is 59.6 Å². The molecule has 9 heavy (non-hydrogen) atoms. The summed E-state index contributed by atoms with van der Waals surface area (Å²) in [6.07, 6.45) is 2.78. The Balaban J connectivity index is 3.59. The second-order valence-corrected chi connectivity index (χ2v) is 9.77. The Bertz CT molecular complexity index is 71.1. The summed E-state index contributed by atoms with van der Waals surface area (Å²) in [7, 11) is -0.782. The van der Waals surface area contributed by atoms with Gasteiger partial charge in [0.25, 0.3) is 0 Å². The molecule has 1 heteroatoms. The standard InChI is InChI=1S/C8H21P/c1-6-7-8(2)9(3,4)5/h8-9H,6-7H2,1-5H3. The molecule has 0 nitrogen and oxygen atoms in total. The van der Waals surface area contributed by atoms with E-state index in [1.165, 1.54) is 12.8 Å². The van der Waals surface area contributed by atoms with Crippen molar-refractivity contribution in [2.75, 3.05) is 20.0 Å². The van der Waals surface area contributed by atoms with Gasteiger partial charge in [-0.25, -0.2) is 0 Å². The molecule has 0 radical (unpaired) electrons. The zero-order chi connectivity index (χ0) is 7.49. The van der Waals surface area contributed by atoms with Gasteiger partial charge in [-0.05, 0) is 0 Å². The molecule has 0 aromatic carbocycles. The van der Waals surface area contributed by atoms with E-state index in [1.807, 2.05) is 0 Å². The minimum atomic E-state index is -0.782. The third kappa shape index (κ3) is 3.92. The van der Waals surface area contributed by atoms with Crippen molar-refractivity contribution >= 4 is 7.26 Å². The van der Waals surface area contributed by atoms with Crippen LogP contribution in [0.1, 0.15) is 26.7 Å². The van der Waals surface area contributed by atoms with E-state index in [9.17, 15) is 0 Å². The predicted molar refractivity (Wildman–Crippen MR) is 50.5 cm³/mol. The Morgan fingerprint density at radius 1 is 1.22 bits per heavy atom. The van der Waals surface area contributed by atoms with Gasteiger partial charge in [-0.15, -0.1) is 0 Å². The van der Waals surface area contributed by atoms with Crippen molar-refractivity contribution in [1.82, 2.24) is 0 Å². The summed E-state index contributed by atoms with van der Waals surface area (Å²) in [6.45, 7) is 12.0. The molecule has 0 aliphatic rings. The second-order valence-electron chi connectivity index (χ2n) is 4.06. The van der Waals surface area contributed by atoms with Crippen LogP contribution in [0.5, 0.6) is 0 Å². The van der Waals surface area contributed by atoms with Gasteiger partial charge in [0.05, 0.1) is 0 Å². The van der Waals surface area contributed by atoms with Gasteiger partial charge in [0.15, 0.2) is 0 Å². The van der Waals surface area contributed by atoms with Crippen molar-refractivity contribution in [1.29, 1.82) is 0 Å². The molecule has 0 aliphatic carbocycles. The molecule has 0 fully saturated rings. The van der Waals surface area contributed by atoms with Crippen LogP contribution in [0.3, 0.4) is 0 Å². The van der Waals surface area contributed by atoms with Crippen LogP contribution in [0.4, 0.5) is 0 Å². The van der Waals surface area contributed by atoms with Crippen LogP contribution in [0.2, 0.25) is 0 Å². The monoisotopic (exact) mass is 148 g/mol. The molecular weight excluding hydrogens is 127 g/mol. The van der Waals surface area contributed by atoms with Crippen LogP contribution in [0, 0.1) is 0 Å². The summed E-state index contributed by atoms with van der Waals surface area (Å²) in [5.74, 6) is 0. The third-order valence-corrected chi connectivity index (χ3v) is 5.45. The van der Waals surface area contributed by atoms with Gasteiger partial charge in [0.2, 0.25) is 0 Å². The van der Waals surface area contributed by atoms with Gasteiger partial charge < -0.3 is 0 Å². The average Bonchev–Trinajstić information content (AvgIpc) is 1.64. The normalized spacial score (nSPS) is 17.4. The fraction of sp³-hybridized carbons (Fsp3) is 1.00. The molecule has 58 valence electrons. The first kappa shape index (κ1) is 9.43. The molecule has 0 aliphatic heterocycles. The molecule has 0 saturated heterocycles. The van der Waals surface area contributed by atoms with E-state index < -0.39 is 7.26 Å². The molecule has 0 bridgehead atoms. The summed E-state index contributed by atoms with van der Waals surface area (Å²) in [6, 6.07) is 0. The van der Waals surface area contributed by atoms with Crippen LogP contribution < -0.4 is 0 Å². The molecule has 0 amide bonds. The van der Waals surface area contributed by atoms with E-state index in [2.05, 4.69) is 33.8 Å². The van der Waals surface area contributed by atoms with Gasteiger partial charge in [-0.3, -0.25) is 0 Å². The molecule has 0 saturated carbocycles. The molecular formula is C8H21P. The maximum atomic E-state index is 2.45. The van der Waals surface area contributed by atoms with Gasteiger partial charge in [0.1, 0.15) is 0 Å². The second kappa shape index (κ2) is 3.56. The molecule has 0 aromatic rings.